The molecule has 0 unspecified atom stereocenters. The minimum atomic E-state index is -0.133. The third-order valence-electron chi connectivity index (χ3n) is 4.54. The highest BCUT2D eigenvalue weighted by atomic mass is 16.5. The number of methoxy groups -OCH3 is 1. The van der Waals surface area contributed by atoms with Gasteiger partial charge in [0.15, 0.2) is 0 Å². The summed E-state index contributed by atoms with van der Waals surface area (Å²) in [6.45, 7) is 4.57. The van der Waals surface area contributed by atoms with Crippen LogP contribution in [-0.4, -0.2) is 45.7 Å². The largest absolute Gasteiger partial charge is 0.380 e. The number of aryl methyl sites for hydroxylation is 1. The van der Waals surface area contributed by atoms with E-state index >= 15 is 0 Å². The van der Waals surface area contributed by atoms with E-state index in [2.05, 4.69) is 15.2 Å². The van der Waals surface area contributed by atoms with E-state index in [9.17, 15) is 4.79 Å². The lowest BCUT2D eigenvalue weighted by molar-refractivity contribution is -0.127. The number of H-pyrrole nitrogens is 1. The predicted molar refractivity (Wildman–Crippen MR) is 91.1 cm³/mol. The van der Waals surface area contributed by atoms with Crippen LogP contribution in [0.2, 0.25) is 0 Å². The average Bonchev–Trinajstić information content (AvgIpc) is 3.24. The predicted octanol–water partition coefficient (Wildman–Crippen LogP) is 2.51. The maximum atomic E-state index is 12.8. The first-order valence-electron chi connectivity index (χ1n) is 8.03. The first kappa shape index (κ1) is 16.4. The number of benzene rings is 1. The van der Waals surface area contributed by atoms with Crippen LogP contribution in [0.4, 0.5) is 0 Å². The van der Waals surface area contributed by atoms with E-state index < -0.39 is 0 Å². The number of aromatic nitrogens is 3. The van der Waals surface area contributed by atoms with E-state index in [1.807, 2.05) is 38.1 Å². The van der Waals surface area contributed by atoms with Crippen molar-refractivity contribution in [3.05, 3.63) is 53.6 Å². The topological polar surface area (TPSA) is 71.1 Å². The Bertz CT molecular complexity index is 739. The molecule has 1 aliphatic rings. The van der Waals surface area contributed by atoms with Gasteiger partial charge in [-0.25, -0.2) is 4.98 Å². The molecule has 3 rings (SSSR count). The second-order valence-electron chi connectivity index (χ2n) is 6.11. The summed E-state index contributed by atoms with van der Waals surface area (Å²) in [5, 5.41) is 6.77. The summed E-state index contributed by atoms with van der Waals surface area (Å²) < 4.78 is 5.45. The average molecular weight is 326 g/mol. The van der Waals surface area contributed by atoms with Crippen LogP contribution in [0.3, 0.4) is 0 Å². The summed E-state index contributed by atoms with van der Waals surface area (Å²) in [4.78, 5) is 18.9. The van der Waals surface area contributed by atoms with Gasteiger partial charge in [0.25, 0.3) is 0 Å². The zero-order chi connectivity index (χ0) is 17.1. The molecular weight excluding hydrogens is 304 g/mol. The lowest BCUT2D eigenvalue weighted by Gasteiger charge is -2.21. The SMILES string of the molecule is CO[C@@H]1C[C@@H](c2ncn[nH]2)N(C(=O)C=C(C)c2ccccc2C)C1. The number of carbonyl (C=O) groups excluding carboxylic acids is 1. The van der Waals surface area contributed by atoms with Crippen LogP contribution in [0.5, 0.6) is 0 Å². The molecular formula is C18H22N4O2. The summed E-state index contributed by atoms with van der Waals surface area (Å²) in [5.74, 6) is 0.668. The fourth-order valence-electron chi connectivity index (χ4n) is 3.21. The van der Waals surface area contributed by atoms with Crippen LogP contribution in [0.25, 0.3) is 5.57 Å². The Morgan fingerprint density at radius 1 is 1.42 bits per heavy atom. The first-order valence-corrected chi connectivity index (χ1v) is 8.03. The number of ether oxygens (including phenoxy) is 1. The molecule has 0 bridgehead atoms. The molecule has 0 aliphatic carbocycles. The molecule has 0 radical (unpaired) electrons. The first-order chi connectivity index (χ1) is 11.6. The fraction of sp³-hybridized carbons (Fsp3) is 0.389. The lowest BCUT2D eigenvalue weighted by Crippen LogP contribution is -2.31. The summed E-state index contributed by atoms with van der Waals surface area (Å²) >= 11 is 0. The van der Waals surface area contributed by atoms with E-state index in [4.69, 9.17) is 4.74 Å². The minimum Gasteiger partial charge on any atom is -0.380 e. The third-order valence-corrected chi connectivity index (χ3v) is 4.54. The monoisotopic (exact) mass is 326 g/mol. The quantitative estimate of drug-likeness (QED) is 0.876. The maximum Gasteiger partial charge on any atom is 0.247 e. The van der Waals surface area contributed by atoms with Gasteiger partial charge in [-0.2, -0.15) is 5.10 Å². The Kier molecular flexibility index (Phi) is 4.76. The van der Waals surface area contributed by atoms with E-state index in [-0.39, 0.29) is 18.1 Å². The molecule has 1 saturated heterocycles. The van der Waals surface area contributed by atoms with E-state index in [1.165, 1.54) is 6.33 Å². The smallest absolute Gasteiger partial charge is 0.247 e. The van der Waals surface area contributed by atoms with Crippen molar-refractivity contribution in [2.24, 2.45) is 0 Å². The molecule has 2 aromatic rings. The van der Waals surface area contributed by atoms with Crippen LogP contribution in [0.15, 0.2) is 36.7 Å². The molecule has 1 amide bonds. The highest BCUT2D eigenvalue weighted by Gasteiger charge is 2.37. The molecule has 24 heavy (non-hydrogen) atoms. The Morgan fingerprint density at radius 2 is 2.21 bits per heavy atom. The maximum absolute atomic E-state index is 12.8. The number of carbonyl (C=O) groups is 1. The number of nitrogens with zero attached hydrogens (tertiary/aromatic N) is 3. The van der Waals surface area contributed by atoms with Crippen LogP contribution in [0, 0.1) is 6.92 Å². The van der Waals surface area contributed by atoms with Gasteiger partial charge in [-0.15, -0.1) is 0 Å². The van der Waals surface area contributed by atoms with Crippen molar-refractivity contribution in [2.75, 3.05) is 13.7 Å². The molecule has 2 heterocycles. The number of nitrogens with one attached hydrogen (secondary N) is 1. The van der Waals surface area contributed by atoms with Gasteiger partial charge in [0, 0.05) is 26.2 Å². The highest BCUT2D eigenvalue weighted by Crippen LogP contribution is 2.32. The van der Waals surface area contributed by atoms with Crippen LogP contribution in [0.1, 0.15) is 36.3 Å². The van der Waals surface area contributed by atoms with Crippen molar-refractivity contribution in [1.29, 1.82) is 0 Å². The molecule has 1 aromatic heterocycles. The molecule has 126 valence electrons. The van der Waals surface area contributed by atoms with Crippen LogP contribution < -0.4 is 0 Å². The summed E-state index contributed by atoms with van der Waals surface area (Å²) in [5.41, 5.74) is 3.20. The van der Waals surface area contributed by atoms with Gasteiger partial charge in [-0.3, -0.25) is 9.89 Å². The Morgan fingerprint density at radius 3 is 2.88 bits per heavy atom. The van der Waals surface area contributed by atoms with Crippen molar-refractivity contribution in [1.82, 2.24) is 20.1 Å². The summed E-state index contributed by atoms with van der Waals surface area (Å²) in [7, 11) is 1.67. The third kappa shape index (κ3) is 3.23. The van der Waals surface area contributed by atoms with Crippen molar-refractivity contribution >= 4 is 11.5 Å². The second kappa shape index (κ2) is 6.97. The molecule has 6 heteroatoms. The fourth-order valence-corrected chi connectivity index (χ4v) is 3.21. The summed E-state index contributed by atoms with van der Waals surface area (Å²) in [6.07, 6.45) is 3.89. The van der Waals surface area contributed by atoms with Crippen LogP contribution >= 0.6 is 0 Å². The van der Waals surface area contributed by atoms with Gasteiger partial charge in [0.1, 0.15) is 12.2 Å². The van der Waals surface area contributed by atoms with Crippen molar-refractivity contribution in [3.8, 4) is 0 Å². The molecule has 0 saturated carbocycles. The van der Waals surface area contributed by atoms with Gasteiger partial charge in [0.05, 0.1) is 12.1 Å². The normalized spacial score (nSPS) is 21.3. The molecule has 1 aliphatic heterocycles. The lowest BCUT2D eigenvalue weighted by atomic mass is 10.0. The number of hydrogen-bond donors (Lipinski definition) is 1. The zero-order valence-electron chi connectivity index (χ0n) is 14.2. The number of hydrogen-bond acceptors (Lipinski definition) is 4. The Balaban J connectivity index is 1.85. The van der Waals surface area contributed by atoms with E-state index in [1.54, 1.807) is 18.1 Å². The number of rotatable bonds is 4. The molecule has 6 nitrogen and oxygen atoms in total. The van der Waals surface area contributed by atoms with Gasteiger partial charge < -0.3 is 9.64 Å². The van der Waals surface area contributed by atoms with Crippen molar-refractivity contribution in [2.45, 2.75) is 32.4 Å². The zero-order valence-corrected chi connectivity index (χ0v) is 14.2. The molecule has 0 spiro atoms. The van der Waals surface area contributed by atoms with Gasteiger partial charge in [-0.05, 0) is 30.5 Å². The van der Waals surface area contributed by atoms with E-state index in [0.717, 1.165) is 16.7 Å². The number of amides is 1. The second-order valence-corrected chi connectivity index (χ2v) is 6.11. The number of aromatic amines is 1. The molecule has 1 fully saturated rings. The van der Waals surface area contributed by atoms with E-state index in [0.29, 0.717) is 18.8 Å². The Hall–Kier alpha value is -2.47. The van der Waals surface area contributed by atoms with Crippen molar-refractivity contribution < 1.29 is 9.53 Å². The number of allylic oxidation sites excluding steroid dienone is 1. The van der Waals surface area contributed by atoms with Crippen molar-refractivity contribution in [3.63, 3.8) is 0 Å². The molecule has 2 atom stereocenters. The van der Waals surface area contributed by atoms with Gasteiger partial charge >= 0.3 is 0 Å². The standard InChI is InChI=1S/C18H22N4O2/c1-12-6-4-5-7-15(12)13(2)8-17(23)22-10-14(24-3)9-16(22)18-19-11-20-21-18/h4-8,11,14,16H,9-10H2,1-3H3,(H,19,20,21)/t14-,16+/m1/s1. The minimum absolute atomic E-state index is 0.0104. The van der Waals surface area contributed by atoms with Gasteiger partial charge in [0.2, 0.25) is 5.91 Å². The summed E-state index contributed by atoms with van der Waals surface area (Å²) in [6, 6.07) is 7.93. The van der Waals surface area contributed by atoms with Crippen LogP contribution in [-0.2, 0) is 9.53 Å². The molecule has 1 N–H and O–H groups in total. The number of likely N-dealkylation sites (tertiary alicyclic amines) is 1. The van der Waals surface area contributed by atoms with Gasteiger partial charge in [-0.1, -0.05) is 24.3 Å². The highest BCUT2D eigenvalue weighted by molar-refractivity contribution is 5.95. The Labute approximate surface area is 141 Å². The molecule has 1 aromatic carbocycles.